The zero-order valence-corrected chi connectivity index (χ0v) is 17.3. The molecule has 0 atom stereocenters. The van der Waals surface area contributed by atoms with Crippen molar-refractivity contribution in [3.8, 4) is 17.6 Å². The van der Waals surface area contributed by atoms with Crippen molar-refractivity contribution in [1.82, 2.24) is 9.99 Å². The van der Waals surface area contributed by atoms with E-state index in [0.29, 0.717) is 28.3 Å². The summed E-state index contributed by atoms with van der Waals surface area (Å²) in [6.45, 7) is 1.70. The van der Waals surface area contributed by atoms with E-state index >= 15 is 0 Å². The Morgan fingerprint density at radius 1 is 1.41 bits per heavy atom. The molecule has 0 aliphatic carbocycles. The van der Waals surface area contributed by atoms with Gasteiger partial charge in [0, 0.05) is 28.4 Å². The fourth-order valence-corrected chi connectivity index (χ4v) is 3.23. The first-order valence-electron chi connectivity index (χ1n) is 8.48. The molecule has 1 aliphatic rings. The molecule has 0 saturated heterocycles. The Morgan fingerprint density at radius 2 is 2.14 bits per heavy atom. The zero-order chi connectivity index (χ0) is 21.0. The van der Waals surface area contributed by atoms with E-state index in [2.05, 4.69) is 26.5 Å². The minimum atomic E-state index is -0.544. The topological polar surface area (TPSA) is 115 Å². The van der Waals surface area contributed by atoms with Crippen molar-refractivity contribution < 1.29 is 19.0 Å². The fourth-order valence-electron chi connectivity index (χ4n) is 2.80. The number of benzene rings is 1. The molecule has 1 amide bonds. The predicted molar refractivity (Wildman–Crippen MR) is 107 cm³/mol. The number of carbonyl (C=O) groups excluding carboxylic acids is 1. The second kappa shape index (κ2) is 8.89. The zero-order valence-electron chi connectivity index (χ0n) is 15.7. The van der Waals surface area contributed by atoms with E-state index in [4.69, 9.17) is 14.2 Å². The van der Waals surface area contributed by atoms with Gasteiger partial charge in [0.25, 0.3) is 11.5 Å². The molecule has 1 aromatic carbocycles. The van der Waals surface area contributed by atoms with Gasteiger partial charge in [-0.15, -0.1) is 0 Å². The molecule has 1 aromatic heterocycles. The Balaban J connectivity index is 1.73. The number of hydrogen-bond acceptors (Lipinski definition) is 7. The summed E-state index contributed by atoms with van der Waals surface area (Å²) in [7, 11) is 1.48. The largest absolute Gasteiger partial charge is 0.454 e. The minimum absolute atomic E-state index is 0.0435. The van der Waals surface area contributed by atoms with Crippen LogP contribution >= 0.6 is 15.9 Å². The number of nitriles is 1. The molecule has 0 radical (unpaired) electrons. The highest BCUT2D eigenvalue weighted by molar-refractivity contribution is 9.10. The molecule has 1 N–H and O–H groups in total. The lowest BCUT2D eigenvalue weighted by molar-refractivity contribution is -0.121. The maximum absolute atomic E-state index is 12.5. The van der Waals surface area contributed by atoms with Crippen LogP contribution in [0.15, 0.2) is 32.6 Å². The minimum Gasteiger partial charge on any atom is -0.454 e. The lowest BCUT2D eigenvalue weighted by Gasteiger charge is -2.12. The number of hydrogen-bond donors (Lipinski definition) is 1. The summed E-state index contributed by atoms with van der Waals surface area (Å²) in [5, 5.41) is 13.2. The number of nitrogens with one attached hydrogen (secondary N) is 1. The van der Waals surface area contributed by atoms with Crippen molar-refractivity contribution in [2.75, 3.05) is 13.9 Å². The van der Waals surface area contributed by atoms with Crippen molar-refractivity contribution in [3.05, 3.63) is 55.4 Å². The first kappa shape index (κ1) is 20.6. The van der Waals surface area contributed by atoms with E-state index in [9.17, 15) is 14.9 Å². The number of pyridine rings is 1. The Bertz CT molecular complexity index is 1090. The van der Waals surface area contributed by atoms with E-state index in [1.54, 1.807) is 25.1 Å². The number of aryl methyl sites for hydroxylation is 1. The van der Waals surface area contributed by atoms with Crippen LogP contribution in [-0.2, 0) is 22.7 Å². The molecule has 1 aliphatic heterocycles. The summed E-state index contributed by atoms with van der Waals surface area (Å²) in [6.07, 6.45) is 1.45. The van der Waals surface area contributed by atoms with Gasteiger partial charge in [-0.3, -0.25) is 9.59 Å². The average Bonchev–Trinajstić information content (AvgIpc) is 3.13. The maximum Gasteiger partial charge on any atom is 0.269 e. The number of amides is 1. The maximum atomic E-state index is 12.5. The number of ether oxygens (including phenoxy) is 3. The lowest BCUT2D eigenvalue weighted by Crippen LogP contribution is -2.33. The van der Waals surface area contributed by atoms with Crippen LogP contribution in [0.5, 0.6) is 11.5 Å². The Morgan fingerprint density at radius 3 is 2.83 bits per heavy atom. The SMILES string of the molecule is COCc1cc(C)n(CC(=O)N/N=C\c2cc3c(cc2Br)OCO3)c(=O)c1C#N. The molecule has 3 rings (SSSR count). The van der Waals surface area contributed by atoms with Gasteiger partial charge in [-0.2, -0.15) is 10.4 Å². The van der Waals surface area contributed by atoms with E-state index in [0.717, 1.165) is 4.47 Å². The quantitative estimate of drug-likeness (QED) is 0.519. The summed E-state index contributed by atoms with van der Waals surface area (Å²) in [5.74, 6) is 0.702. The smallest absolute Gasteiger partial charge is 0.269 e. The van der Waals surface area contributed by atoms with Gasteiger partial charge in [0.05, 0.1) is 12.8 Å². The predicted octanol–water partition coefficient (Wildman–Crippen LogP) is 1.82. The standard InChI is InChI=1S/C19H17BrN4O5/c1-11-3-13(9-27-2)14(6-21)19(26)24(11)8-18(25)23-22-7-12-4-16-17(5-15(12)20)29-10-28-16/h3-5,7H,8-10H2,1-2H3,(H,23,25)/b22-7-. The normalized spacial score (nSPS) is 12.2. The second-order valence-corrected chi connectivity index (χ2v) is 7.00. The van der Waals surface area contributed by atoms with Gasteiger partial charge < -0.3 is 18.8 Å². The van der Waals surface area contributed by atoms with E-state index in [1.807, 2.05) is 6.07 Å². The Labute approximate surface area is 174 Å². The number of methoxy groups -OCH3 is 1. The van der Waals surface area contributed by atoms with E-state index in [1.165, 1.54) is 17.9 Å². The fraction of sp³-hybridized carbons (Fsp3) is 0.263. The second-order valence-electron chi connectivity index (χ2n) is 6.14. The third kappa shape index (κ3) is 4.47. The molecule has 29 heavy (non-hydrogen) atoms. The molecular formula is C19H17BrN4O5. The highest BCUT2D eigenvalue weighted by Gasteiger charge is 2.16. The molecule has 0 fully saturated rings. The van der Waals surface area contributed by atoms with E-state index < -0.39 is 11.5 Å². The number of hydrazone groups is 1. The average molecular weight is 461 g/mol. The number of halogens is 1. The molecule has 0 spiro atoms. The van der Waals surface area contributed by atoms with Crippen LogP contribution < -0.4 is 20.5 Å². The first-order chi connectivity index (χ1) is 13.9. The summed E-state index contributed by atoms with van der Waals surface area (Å²) in [4.78, 5) is 24.8. The van der Waals surface area contributed by atoms with Crippen molar-refractivity contribution in [1.29, 1.82) is 5.26 Å². The van der Waals surface area contributed by atoms with Crippen LogP contribution in [0.4, 0.5) is 0 Å². The first-order valence-corrected chi connectivity index (χ1v) is 9.27. The number of fused-ring (bicyclic) bond motifs is 1. The van der Waals surface area contributed by atoms with Gasteiger partial charge in [0.2, 0.25) is 6.79 Å². The van der Waals surface area contributed by atoms with Gasteiger partial charge >= 0.3 is 0 Å². The molecule has 0 unspecified atom stereocenters. The summed E-state index contributed by atoms with van der Waals surface area (Å²) < 4.78 is 17.5. The Kier molecular flexibility index (Phi) is 6.31. The van der Waals surface area contributed by atoms with Crippen LogP contribution in [0.25, 0.3) is 0 Å². The molecule has 9 nitrogen and oxygen atoms in total. The van der Waals surface area contributed by atoms with Crippen molar-refractivity contribution >= 4 is 28.1 Å². The third-order valence-electron chi connectivity index (χ3n) is 4.19. The molecule has 2 heterocycles. The molecular weight excluding hydrogens is 444 g/mol. The van der Waals surface area contributed by atoms with Crippen LogP contribution in [-0.4, -0.2) is 30.6 Å². The highest BCUT2D eigenvalue weighted by Crippen LogP contribution is 2.36. The molecule has 0 bridgehead atoms. The summed E-state index contributed by atoms with van der Waals surface area (Å²) in [5.41, 5.74) is 3.49. The number of nitrogens with zero attached hydrogens (tertiary/aromatic N) is 3. The highest BCUT2D eigenvalue weighted by atomic mass is 79.9. The van der Waals surface area contributed by atoms with Crippen molar-refractivity contribution in [2.24, 2.45) is 5.10 Å². The van der Waals surface area contributed by atoms with Gasteiger partial charge in [0.15, 0.2) is 11.5 Å². The summed E-state index contributed by atoms with van der Waals surface area (Å²) >= 11 is 3.40. The third-order valence-corrected chi connectivity index (χ3v) is 4.87. The molecule has 0 saturated carbocycles. The summed E-state index contributed by atoms with van der Waals surface area (Å²) in [6, 6.07) is 7.01. The molecule has 150 valence electrons. The van der Waals surface area contributed by atoms with Crippen molar-refractivity contribution in [2.45, 2.75) is 20.1 Å². The number of carbonyl (C=O) groups is 1. The lowest BCUT2D eigenvalue weighted by atomic mass is 10.1. The van der Waals surface area contributed by atoms with Crippen molar-refractivity contribution in [3.63, 3.8) is 0 Å². The van der Waals surface area contributed by atoms with Crippen LogP contribution in [0.3, 0.4) is 0 Å². The van der Waals surface area contributed by atoms with Crippen LogP contribution in [0.1, 0.15) is 22.4 Å². The van der Waals surface area contributed by atoms with E-state index in [-0.39, 0.29) is 25.5 Å². The molecule has 10 heteroatoms. The van der Waals surface area contributed by atoms with Gasteiger partial charge in [0.1, 0.15) is 18.2 Å². The number of rotatable bonds is 6. The van der Waals surface area contributed by atoms with Gasteiger partial charge in [-0.25, -0.2) is 5.43 Å². The van der Waals surface area contributed by atoms with Crippen LogP contribution in [0, 0.1) is 18.3 Å². The van der Waals surface area contributed by atoms with Gasteiger partial charge in [-0.05, 0) is 41.1 Å². The van der Waals surface area contributed by atoms with Crippen LogP contribution in [0.2, 0.25) is 0 Å². The molecule has 2 aromatic rings. The Hall–Kier alpha value is -3.16. The monoisotopic (exact) mass is 460 g/mol. The van der Waals surface area contributed by atoms with Gasteiger partial charge in [-0.1, -0.05) is 0 Å². The number of aromatic nitrogens is 1.